The van der Waals surface area contributed by atoms with Crippen LogP contribution in [0.3, 0.4) is 0 Å². The van der Waals surface area contributed by atoms with Gasteiger partial charge in [0.15, 0.2) is 0 Å². The molecule has 0 radical (unpaired) electrons. The number of likely N-dealkylation sites (N-methyl/N-ethyl adjacent to an activating group) is 1. The van der Waals surface area contributed by atoms with Gasteiger partial charge in [-0.05, 0) is 35.6 Å². The van der Waals surface area contributed by atoms with E-state index in [1.54, 1.807) is 0 Å². The lowest BCUT2D eigenvalue weighted by Gasteiger charge is -2.18. The molecule has 0 saturated heterocycles. The van der Waals surface area contributed by atoms with Crippen LogP contribution in [-0.2, 0) is 11.2 Å². The molecule has 2 aromatic carbocycles. The lowest BCUT2D eigenvalue weighted by atomic mass is 9.95. The molecule has 132 valence electrons. The molecule has 2 atom stereocenters. The van der Waals surface area contributed by atoms with Gasteiger partial charge in [-0.15, -0.1) is 0 Å². The van der Waals surface area contributed by atoms with Gasteiger partial charge in [-0.1, -0.05) is 49.4 Å². The van der Waals surface area contributed by atoms with Gasteiger partial charge in [-0.3, -0.25) is 4.79 Å². The predicted octanol–water partition coefficient (Wildman–Crippen LogP) is 3.02. The molecule has 1 amide bonds. The average Bonchev–Trinajstić information content (AvgIpc) is 3.01. The summed E-state index contributed by atoms with van der Waals surface area (Å²) in [4.78, 5) is 14.7. The van der Waals surface area contributed by atoms with Crippen LogP contribution in [0.1, 0.15) is 42.1 Å². The number of carbonyl (C=O) groups is 1. The Hall–Kier alpha value is -2.33. The Balaban J connectivity index is 1.62. The topological polar surface area (TPSA) is 52.6 Å². The second-order valence-corrected chi connectivity index (χ2v) is 6.69. The first kappa shape index (κ1) is 17.5. The maximum Gasteiger partial charge on any atom is 0.227 e. The van der Waals surface area contributed by atoms with Crippen molar-refractivity contribution in [3.05, 3.63) is 65.2 Å². The summed E-state index contributed by atoms with van der Waals surface area (Å²) in [5, 5.41) is 13.4. The summed E-state index contributed by atoms with van der Waals surface area (Å²) in [6, 6.07) is 15.9. The lowest BCUT2D eigenvalue weighted by Crippen LogP contribution is -2.32. The summed E-state index contributed by atoms with van der Waals surface area (Å²) in [7, 11) is 2.08. The first-order chi connectivity index (χ1) is 12.1. The molecule has 1 heterocycles. The van der Waals surface area contributed by atoms with E-state index < -0.39 is 6.10 Å². The van der Waals surface area contributed by atoms with E-state index in [-0.39, 0.29) is 18.4 Å². The molecule has 4 heteroatoms. The number of carbonyl (C=O) groups excluding carboxylic acids is 1. The van der Waals surface area contributed by atoms with Gasteiger partial charge in [0.2, 0.25) is 5.91 Å². The van der Waals surface area contributed by atoms with E-state index in [2.05, 4.69) is 29.4 Å². The van der Waals surface area contributed by atoms with Crippen LogP contribution in [0.2, 0.25) is 0 Å². The van der Waals surface area contributed by atoms with Gasteiger partial charge in [0, 0.05) is 25.8 Å². The van der Waals surface area contributed by atoms with Gasteiger partial charge in [-0.2, -0.15) is 0 Å². The standard InChI is InChI=1S/C21H26N2O2/c1-3-18(15-7-5-4-6-8-15)21(25)22-14-20(24)17-9-10-19-16(13-17)11-12-23(19)2/h4-10,13,18,20,24H,3,11-12,14H2,1-2H3,(H,22,25)/t18-,20-/m1/s1. The molecule has 1 aliphatic rings. The molecule has 0 spiro atoms. The smallest absolute Gasteiger partial charge is 0.227 e. The number of nitrogens with one attached hydrogen (secondary N) is 1. The van der Waals surface area contributed by atoms with Crippen molar-refractivity contribution in [2.75, 3.05) is 25.0 Å². The number of aliphatic hydroxyl groups excluding tert-OH is 1. The highest BCUT2D eigenvalue weighted by Crippen LogP contribution is 2.29. The number of rotatable bonds is 6. The first-order valence-electron chi connectivity index (χ1n) is 8.94. The minimum atomic E-state index is -0.687. The molecule has 25 heavy (non-hydrogen) atoms. The fourth-order valence-corrected chi connectivity index (χ4v) is 3.49. The largest absolute Gasteiger partial charge is 0.387 e. The van der Waals surface area contributed by atoms with Gasteiger partial charge in [0.1, 0.15) is 0 Å². The van der Waals surface area contributed by atoms with Crippen molar-refractivity contribution in [2.24, 2.45) is 0 Å². The van der Waals surface area contributed by atoms with Crippen LogP contribution in [-0.4, -0.2) is 31.2 Å². The third kappa shape index (κ3) is 3.85. The second kappa shape index (κ2) is 7.70. The van der Waals surface area contributed by atoms with Crippen molar-refractivity contribution in [1.82, 2.24) is 5.32 Å². The first-order valence-corrected chi connectivity index (χ1v) is 8.94. The number of nitrogens with zero attached hydrogens (tertiary/aromatic N) is 1. The van der Waals surface area contributed by atoms with Crippen molar-refractivity contribution in [3.8, 4) is 0 Å². The molecule has 0 bridgehead atoms. The molecule has 0 fully saturated rings. The molecule has 0 unspecified atom stereocenters. The minimum Gasteiger partial charge on any atom is -0.387 e. The number of hydrogen-bond acceptors (Lipinski definition) is 3. The number of benzene rings is 2. The average molecular weight is 338 g/mol. The SMILES string of the molecule is CC[C@@H](C(=O)NC[C@@H](O)c1ccc2c(c1)CCN2C)c1ccccc1. The third-order valence-electron chi connectivity index (χ3n) is 5.01. The molecule has 2 aromatic rings. The van der Waals surface area contributed by atoms with E-state index in [4.69, 9.17) is 0 Å². The summed E-state index contributed by atoms with van der Waals surface area (Å²) in [6.45, 7) is 3.25. The van der Waals surface area contributed by atoms with E-state index >= 15 is 0 Å². The van der Waals surface area contributed by atoms with Crippen molar-refractivity contribution in [3.63, 3.8) is 0 Å². The fraction of sp³-hybridized carbons (Fsp3) is 0.381. The monoisotopic (exact) mass is 338 g/mol. The highest BCUT2D eigenvalue weighted by Gasteiger charge is 2.21. The number of amides is 1. The Morgan fingerprint density at radius 2 is 1.96 bits per heavy atom. The van der Waals surface area contributed by atoms with Crippen LogP contribution in [0.5, 0.6) is 0 Å². The van der Waals surface area contributed by atoms with Gasteiger partial charge in [0.05, 0.1) is 12.0 Å². The summed E-state index contributed by atoms with van der Waals surface area (Å²) >= 11 is 0. The quantitative estimate of drug-likeness (QED) is 0.851. The second-order valence-electron chi connectivity index (χ2n) is 6.69. The minimum absolute atomic E-state index is 0.0337. The number of anilines is 1. The predicted molar refractivity (Wildman–Crippen MR) is 101 cm³/mol. The summed E-state index contributed by atoms with van der Waals surface area (Å²) in [5.41, 5.74) is 4.37. The fourth-order valence-electron chi connectivity index (χ4n) is 3.49. The van der Waals surface area contributed by atoms with Crippen molar-refractivity contribution >= 4 is 11.6 Å². The summed E-state index contributed by atoms with van der Waals surface area (Å²) in [5.74, 6) is -0.212. The van der Waals surface area contributed by atoms with E-state index in [1.807, 2.05) is 43.3 Å². The molecule has 0 saturated carbocycles. The Labute approximate surface area is 149 Å². The van der Waals surface area contributed by atoms with Gasteiger partial charge in [0.25, 0.3) is 0 Å². The Bertz CT molecular complexity index is 730. The van der Waals surface area contributed by atoms with E-state index in [9.17, 15) is 9.90 Å². The number of hydrogen-bond donors (Lipinski definition) is 2. The Morgan fingerprint density at radius 3 is 2.68 bits per heavy atom. The summed E-state index contributed by atoms with van der Waals surface area (Å²) < 4.78 is 0. The molecule has 0 aromatic heterocycles. The van der Waals surface area contributed by atoms with Gasteiger partial charge >= 0.3 is 0 Å². The van der Waals surface area contributed by atoms with Crippen molar-refractivity contribution < 1.29 is 9.90 Å². The van der Waals surface area contributed by atoms with Crippen LogP contribution < -0.4 is 10.2 Å². The number of aliphatic hydroxyl groups is 1. The van der Waals surface area contributed by atoms with E-state index in [1.165, 1.54) is 11.3 Å². The van der Waals surface area contributed by atoms with Crippen molar-refractivity contribution in [2.45, 2.75) is 31.8 Å². The normalized spacial score (nSPS) is 15.6. The molecule has 0 aliphatic carbocycles. The molecule has 1 aliphatic heterocycles. The van der Waals surface area contributed by atoms with Crippen LogP contribution in [0.25, 0.3) is 0 Å². The lowest BCUT2D eigenvalue weighted by molar-refractivity contribution is -0.123. The van der Waals surface area contributed by atoms with Crippen molar-refractivity contribution in [1.29, 1.82) is 0 Å². The molecule has 4 nitrogen and oxygen atoms in total. The molecule has 2 N–H and O–H groups in total. The molecular formula is C21H26N2O2. The van der Waals surface area contributed by atoms with Crippen LogP contribution >= 0.6 is 0 Å². The maximum atomic E-state index is 12.5. The zero-order valence-corrected chi connectivity index (χ0v) is 14.9. The Morgan fingerprint density at radius 1 is 1.20 bits per heavy atom. The van der Waals surface area contributed by atoms with Crippen LogP contribution in [0.15, 0.2) is 48.5 Å². The van der Waals surface area contributed by atoms with Gasteiger partial charge in [-0.25, -0.2) is 0 Å². The van der Waals surface area contributed by atoms with E-state index in [0.29, 0.717) is 0 Å². The van der Waals surface area contributed by atoms with Crippen LogP contribution in [0.4, 0.5) is 5.69 Å². The number of fused-ring (bicyclic) bond motifs is 1. The van der Waals surface area contributed by atoms with Crippen LogP contribution in [0, 0.1) is 0 Å². The van der Waals surface area contributed by atoms with E-state index in [0.717, 1.165) is 30.5 Å². The summed E-state index contributed by atoms with van der Waals surface area (Å²) in [6.07, 6.45) is 1.05. The molecule has 3 rings (SSSR count). The highest BCUT2D eigenvalue weighted by molar-refractivity contribution is 5.83. The maximum absolute atomic E-state index is 12.5. The molecular weight excluding hydrogens is 312 g/mol. The Kier molecular flexibility index (Phi) is 5.39. The zero-order valence-electron chi connectivity index (χ0n) is 14.9. The van der Waals surface area contributed by atoms with Gasteiger partial charge < -0.3 is 15.3 Å². The highest BCUT2D eigenvalue weighted by atomic mass is 16.3. The zero-order chi connectivity index (χ0) is 17.8. The third-order valence-corrected chi connectivity index (χ3v) is 5.01.